The number of hydrogen-bond donors (Lipinski definition) is 0. The Hall–Kier alpha value is -1.26. The zero-order chi connectivity index (χ0) is 11.8. The SMILES string of the molecule is Fc1ccc(C(F)(F)F)cc1OCC1CC1. The summed E-state index contributed by atoms with van der Waals surface area (Å²) in [6, 6.07) is 2.20. The Balaban J connectivity index is 2.14. The Kier molecular flexibility index (Phi) is 2.78. The molecule has 1 aliphatic rings. The first-order valence-electron chi connectivity index (χ1n) is 4.96. The normalized spacial score (nSPS) is 16.2. The summed E-state index contributed by atoms with van der Waals surface area (Å²) in [6.07, 6.45) is -2.47. The molecule has 1 saturated carbocycles. The molecule has 0 heterocycles. The van der Waals surface area contributed by atoms with E-state index in [4.69, 9.17) is 4.74 Å². The minimum atomic E-state index is -4.47. The van der Waals surface area contributed by atoms with Crippen LogP contribution in [0.15, 0.2) is 18.2 Å². The highest BCUT2D eigenvalue weighted by molar-refractivity contribution is 5.32. The minimum absolute atomic E-state index is 0.290. The third-order valence-corrected chi connectivity index (χ3v) is 2.43. The van der Waals surface area contributed by atoms with Crippen LogP contribution in [0.5, 0.6) is 5.75 Å². The van der Waals surface area contributed by atoms with Crippen LogP contribution in [-0.4, -0.2) is 6.61 Å². The third kappa shape index (κ3) is 2.65. The Morgan fingerprint density at radius 3 is 2.50 bits per heavy atom. The average Bonchev–Trinajstić information content (AvgIpc) is 2.98. The van der Waals surface area contributed by atoms with E-state index in [0.717, 1.165) is 18.9 Å². The molecule has 0 saturated heterocycles. The van der Waals surface area contributed by atoms with E-state index in [1.54, 1.807) is 0 Å². The molecular weight excluding hydrogens is 224 g/mol. The van der Waals surface area contributed by atoms with Crippen molar-refractivity contribution >= 4 is 0 Å². The molecule has 0 aliphatic heterocycles. The lowest BCUT2D eigenvalue weighted by Crippen LogP contribution is -2.07. The Bertz CT molecular complexity index is 382. The van der Waals surface area contributed by atoms with Crippen LogP contribution in [0, 0.1) is 11.7 Å². The average molecular weight is 234 g/mol. The van der Waals surface area contributed by atoms with E-state index in [9.17, 15) is 17.6 Å². The maximum Gasteiger partial charge on any atom is 0.416 e. The van der Waals surface area contributed by atoms with Crippen LogP contribution in [0.3, 0.4) is 0 Å². The quantitative estimate of drug-likeness (QED) is 0.725. The molecule has 1 aliphatic carbocycles. The second-order valence-electron chi connectivity index (χ2n) is 3.90. The Morgan fingerprint density at radius 2 is 1.94 bits per heavy atom. The number of rotatable bonds is 3. The number of ether oxygens (including phenoxy) is 1. The van der Waals surface area contributed by atoms with Gasteiger partial charge >= 0.3 is 6.18 Å². The summed E-state index contributed by atoms with van der Waals surface area (Å²) >= 11 is 0. The highest BCUT2D eigenvalue weighted by Gasteiger charge is 2.31. The molecule has 2 rings (SSSR count). The van der Waals surface area contributed by atoms with Gasteiger partial charge in [0, 0.05) is 0 Å². The first-order chi connectivity index (χ1) is 7.47. The summed E-state index contributed by atoms with van der Waals surface area (Å²) in [4.78, 5) is 0. The van der Waals surface area contributed by atoms with Crippen LogP contribution in [0.25, 0.3) is 0 Å². The number of halogens is 4. The Labute approximate surface area is 90.0 Å². The molecule has 88 valence electrons. The molecule has 0 amide bonds. The van der Waals surface area contributed by atoms with Crippen LogP contribution in [0.4, 0.5) is 17.6 Å². The molecular formula is C11H10F4O. The molecule has 1 nitrogen and oxygen atoms in total. The second kappa shape index (κ2) is 3.96. The van der Waals surface area contributed by atoms with Gasteiger partial charge in [0.1, 0.15) is 0 Å². The van der Waals surface area contributed by atoms with Gasteiger partial charge in [0.05, 0.1) is 12.2 Å². The van der Waals surface area contributed by atoms with Gasteiger partial charge in [-0.1, -0.05) is 0 Å². The summed E-state index contributed by atoms with van der Waals surface area (Å²) in [5.74, 6) is -0.704. The van der Waals surface area contributed by atoms with Crippen LogP contribution < -0.4 is 4.74 Å². The van der Waals surface area contributed by atoms with Gasteiger partial charge in [-0.05, 0) is 37.0 Å². The van der Waals surface area contributed by atoms with Gasteiger partial charge in [-0.2, -0.15) is 13.2 Å². The van der Waals surface area contributed by atoms with Crippen molar-refractivity contribution in [3.05, 3.63) is 29.6 Å². The van der Waals surface area contributed by atoms with Crippen LogP contribution in [0.2, 0.25) is 0 Å². The molecule has 0 spiro atoms. The molecule has 1 aromatic carbocycles. The molecule has 0 N–H and O–H groups in total. The van der Waals surface area contributed by atoms with Crippen molar-refractivity contribution in [2.45, 2.75) is 19.0 Å². The van der Waals surface area contributed by atoms with Gasteiger partial charge in [-0.3, -0.25) is 0 Å². The largest absolute Gasteiger partial charge is 0.490 e. The van der Waals surface area contributed by atoms with Crippen molar-refractivity contribution in [3.63, 3.8) is 0 Å². The highest BCUT2D eigenvalue weighted by atomic mass is 19.4. The smallest absolute Gasteiger partial charge is 0.416 e. The number of benzene rings is 1. The van der Waals surface area contributed by atoms with Crippen molar-refractivity contribution in [2.75, 3.05) is 6.61 Å². The lowest BCUT2D eigenvalue weighted by atomic mass is 10.2. The fraction of sp³-hybridized carbons (Fsp3) is 0.455. The summed E-state index contributed by atoms with van der Waals surface area (Å²) in [7, 11) is 0. The predicted octanol–water partition coefficient (Wildman–Crippen LogP) is 3.63. The lowest BCUT2D eigenvalue weighted by Gasteiger charge is -2.10. The van der Waals surface area contributed by atoms with Crippen molar-refractivity contribution < 1.29 is 22.3 Å². The van der Waals surface area contributed by atoms with E-state index in [-0.39, 0.29) is 12.4 Å². The van der Waals surface area contributed by atoms with E-state index < -0.39 is 17.6 Å². The van der Waals surface area contributed by atoms with E-state index in [2.05, 4.69) is 0 Å². The molecule has 0 bridgehead atoms. The zero-order valence-electron chi connectivity index (χ0n) is 8.35. The van der Waals surface area contributed by atoms with Crippen LogP contribution >= 0.6 is 0 Å². The van der Waals surface area contributed by atoms with Gasteiger partial charge < -0.3 is 4.74 Å². The van der Waals surface area contributed by atoms with Crippen molar-refractivity contribution in [3.8, 4) is 5.75 Å². The first-order valence-corrected chi connectivity index (χ1v) is 4.96. The summed E-state index contributed by atoms with van der Waals surface area (Å²) in [5, 5.41) is 0. The third-order valence-electron chi connectivity index (χ3n) is 2.43. The highest BCUT2D eigenvalue weighted by Crippen LogP contribution is 2.34. The summed E-state index contributed by atoms with van der Waals surface area (Å²) < 4.78 is 55.2. The first kappa shape index (κ1) is 11.2. The van der Waals surface area contributed by atoms with E-state index in [1.165, 1.54) is 0 Å². The summed E-state index contributed by atoms with van der Waals surface area (Å²) in [6.45, 7) is 0.290. The van der Waals surface area contributed by atoms with E-state index in [0.29, 0.717) is 18.1 Å². The maximum absolute atomic E-state index is 13.1. The molecule has 0 atom stereocenters. The fourth-order valence-electron chi connectivity index (χ4n) is 1.28. The number of hydrogen-bond acceptors (Lipinski definition) is 1. The molecule has 0 aromatic heterocycles. The van der Waals surface area contributed by atoms with Gasteiger partial charge in [0.25, 0.3) is 0 Å². The molecule has 16 heavy (non-hydrogen) atoms. The van der Waals surface area contributed by atoms with Crippen molar-refractivity contribution in [2.24, 2.45) is 5.92 Å². The van der Waals surface area contributed by atoms with Gasteiger partial charge in [-0.25, -0.2) is 4.39 Å². The van der Waals surface area contributed by atoms with Crippen LogP contribution in [0.1, 0.15) is 18.4 Å². The molecule has 1 aromatic rings. The second-order valence-corrected chi connectivity index (χ2v) is 3.90. The van der Waals surface area contributed by atoms with Crippen LogP contribution in [-0.2, 0) is 6.18 Å². The lowest BCUT2D eigenvalue weighted by molar-refractivity contribution is -0.137. The molecule has 0 radical (unpaired) electrons. The molecule has 5 heteroatoms. The molecule has 1 fully saturated rings. The van der Waals surface area contributed by atoms with E-state index in [1.807, 2.05) is 0 Å². The monoisotopic (exact) mass is 234 g/mol. The molecule has 0 unspecified atom stereocenters. The fourth-order valence-corrected chi connectivity index (χ4v) is 1.28. The zero-order valence-corrected chi connectivity index (χ0v) is 8.35. The predicted molar refractivity (Wildman–Crippen MR) is 49.6 cm³/mol. The maximum atomic E-state index is 13.1. The number of alkyl halides is 3. The van der Waals surface area contributed by atoms with Gasteiger partial charge in [-0.15, -0.1) is 0 Å². The summed E-state index contributed by atoms with van der Waals surface area (Å²) in [5.41, 5.74) is -0.889. The van der Waals surface area contributed by atoms with E-state index >= 15 is 0 Å². The standard InChI is InChI=1S/C11H10F4O/c12-9-4-3-8(11(13,14)15)5-10(9)16-6-7-1-2-7/h3-5,7H,1-2,6H2. The van der Waals surface area contributed by atoms with Crippen molar-refractivity contribution in [1.29, 1.82) is 0 Å². The Morgan fingerprint density at radius 1 is 1.25 bits per heavy atom. The topological polar surface area (TPSA) is 9.23 Å². The van der Waals surface area contributed by atoms with Gasteiger partial charge in [0.15, 0.2) is 11.6 Å². The van der Waals surface area contributed by atoms with Crippen molar-refractivity contribution in [1.82, 2.24) is 0 Å². The minimum Gasteiger partial charge on any atom is -0.490 e. The van der Waals surface area contributed by atoms with Gasteiger partial charge in [0.2, 0.25) is 0 Å².